The Hall–Kier alpha value is -2.80. The number of carbonyl (C=O) groups excluding carboxylic acids is 2. The number of amides is 1. The highest BCUT2D eigenvalue weighted by atomic mass is 35.5. The van der Waals surface area contributed by atoms with Crippen molar-refractivity contribution in [2.45, 2.75) is 6.54 Å². The molecule has 1 amide bonds. The minimum atomic E-state index is -0.757. The minimum Gasteiger partial charge on any atom is -0.496 e. The van der Waals surface area contributed by atoms with E-state index in [4.69, 9.17) is 26.8 Å². The molecule has 0 atom stereocenters. The highest BCUT2D eigenvalue weighted by Gasteiger charge is 2.19. The summed E-state index contributed by atoms with van der Waals surface area (Å²) in [6.45, 7) is -0.199. The van der Waals surface area contributed by atoms with Gasteiger partial charge in [-0.05, 0) is 23.8 Å². The van der Waals surface area contributed by atoms with Crippen molar-refractivity contribution in [1.82, 2.24) is 4.90 Å². The Morgan fingerprint density at radius 1 is 1.23 bits per heavy atom. The van der Waals surface area contributed by atoms with Crippen LogP contribution in [0.3, 0.4) is 0 Å². The third-order valence-corrected chi connectivity index (χ3v) is 3.95. The summed E-state index contributed by atoms with van der Waals surface area (Å²) >= 11 is 5.91. The third kappa shape index (κ3) is 4.86. The Balaban J connectivity index is 1.97. The van der Waals surface area contributed by atoms with Crippen LogP contribution in [0, 0.1) is 5.82 Å². The highest BCUT2D eigenvalue weighted by Crippen LogP contribution is 2.29. The lowest BCUT2D eigenvalue weighted by molar-refractivity contribution is -0.133. The molecule has 2 aromatic rings. The number of ether oxygens (including phenoxy) is 2. The number of nitrogens with two attached hydrogens (primary N) is 1. The van der Waals surface area contributed by atoms with Gasteiger partial charge in [-0.15, -0.1) is 0 Å². The number of nitrogen functional groups attached to an aromatic ring is 1. The fourth-order valence-electron chi connectivity index (χ4n) is 2.16. The lowest BCUT2D eigenvalue weighted by Gasteiger charge is -2.17. The third-order valence-electron chi connectivity index (χ3n) is 3.62. The number of halogens is 2. The van der Waals surface area contributed by atoms with Crippen LogP contribution in [0.5, 0.6) is 5.75 Å². The lowest BCUT2D eigenvalue weighted by Crippen LogP contribution is -2.30. The molecular weight excluding hydrogens is 363 g/mol. The number of esters is 1. The summed E-state index contributed by atoms with van der Waals surface area (Å²) in [5, 5.41) is 0.178. The van der Waals surface area contributed by atoms with Crippen LogP contribution in [-0.2, 0) is 16.1 Å². The predicted octanol–water partition coefficient (Wildman–Crippen LogP) is 2.89. The Kier molecular flexibility index (Phi) is 6.41. The molecule has 0 fully saturated rings. The maximum absolute atomic E-state index is 12.9. The molecule has 0 saturated heterocycles. The van der Waals surface area contributed by atoms with Crippen molar-refractivity contribution in [3.05, 3.63) is 58.4 Å². The zero-order valence-electron chi connectivity index (χ0n) is 14.3. The summed E-state index contributed by atoms with van der Waals surface area (Å²) in [7, 11) is 2.93. The van der Waals surface area contributed by atoms with Crippen molar-refractivity contribution in [2.75, 3.05) is 26.5 Å². The SMILES string of the molecule is COc1cc(N)c(Cl)cc1C(=O)OCC(=O)N(C)Cc1ccc(F)cc1. The van der Waals surface area contributed by atoms with E-state index >= 15 is 0 Å². The zero-order valence-corrected chi connectivity index (χ0v) is 15.0. The smallest absolute Gasteiger partial charge is 0.342 e. The maximum atomic E-state index is 12.9. The molecular formula is C18H18ClFN2O4. The van der Waals surface area contributed by atoms with Gasteiger partial charge in [0.05, 0.1) is 17.8 Å². The molecule has 0 aliphatic heterocycles. The molecule has 0 spiro atoms. The standard InChI is InChI=1S/C18H18ClFN2O4/c1-22(9-11-3-5-12(20)6-4-11)17(23)10-26-18(24)13-7-14(19)15(21)8-16(13)25-2/h3-8H,9-10,21H2,1-2H3. The van der Waals surface area contributed by atoms with Gasteiger partial charge in [-0.1, -0.05) is 23.7 Å². The van der Waals surface area contributed by atoms with Crippen LogP contribution in [0.1, 0.15) is 15.9 Å². The van der Waals surface area contributed by atoms with Gasteiger partial charge in [-0.25, -0.2) is 9.18 Å². The predicted molar refractivity (Wildman–Crippen MR) is 95.6 cm³/mol. The largest absolute Gasteiger partial charge is 0.496 e. The van der Waals surface area contributed by atoms with E-state index in [2.05, 4.69) is 0 Å². The normalized spacial score (nSPS) is 10.3. The summed E-state index contributed by atoms with van der Waals surface area (Å²) in [5.74, 6) is -1.33. The molecule has 0 aliphatic rings. The fourth-order valence-corrected chi connectivity index (χ4v) is 2.33. The van der Waals surface area contributed by atoms with E-state index in [1.165, 1.54) is 36.3 Å². The monoisotopic (exact) mass is 380 g/mol. The van der Waals surface area contributed by atoms with Crippen molar-refractivity contribution in [3.8, 4) is 5.75 Å². The van der Waals surface area contributed by atoms with Gasteiger partial charge < -0.3 is 20.1 Å². The van der Waals surface area contributed by atoms with Crippen molar-refractivity contribution < 1.29 is 23.5 Å². The number of anilines is 1. The molecule has 6 nitrogen and oxygen atoms in total. The number of likely N-dealkylation sites (N-methyl/N-ethyl adjacent to an activating group) is 1. The van der Waals surface area contributed by atoms with E-state index in [9.17, 15) is 14.0 Å². The van der Waals surface area contributed by atoms with Crippen molar-refractivity contribution in [1.29, 1.82) is 0 Å². The van der Waals surface area contributed by atoms with Gasteiger partial charge in [0.2, 0.25) is 0 Å². The van der Waals surface area contributed by atoms with Crippen LogP contribution >= 0.6 is 11.6 Å². The average molecular weight is 381 g/mol. The summed E-state index contributed by atoms with van der Waals surface area (Å²) < 4.78 is 23.0. The van der Waals surface area contributed by atoms with Crippen LogP contribution in [-0.4, -0.2) is 37.5 Å². The molecule has 138 valence electrons. The van der Waals surface area contributed by atoms with Gasteiger partial charge in [0.15, 0.2) is 6.61 Å². The molecule has 0 heterocycles. The second kappa shape index (κ2) is 8.53. The summed E-state index contributed by atoms with van der Waals surface area (Å²) in [4.78, 5) is 25.7. The van der Waals surface area contributed by atoms with Crippen LogP contribution in [0.2, 0.25) is 5.02 Å². The van der Waals surface area contributed by atoms with Gasteiger partial charge in [-0.2, -0.15) is 0 Å². The van der Waals surface area contributed by atoms with E-state index in [0.717, 1.165) is 5.56 Å². The van der Waals surface area contributed by atoms with Crippen LogP contribution in [0.4, 0.5) is 10.1 Å². The van der Waals surface area contributed by atoms with Crippen LogP contribution in [0.25, 0.3) is 0 Å². The fraction of sp³-hybridized carbons (Fsp3) is 0.222. The Morgan fingerprint density at radius 3 is 2.50 bits per heavy atom. The first-order valence-electron chi connectivity index (χ1n) is 7.60. The number of nitrogens with zero attached hydrogens (tertiary/aromatic N) is 1. The molecule has 26 heavy (non-hydrogen) atoms. The van der Waals surface area contributed by atoms with Crippen molar-refractivity contribution in [3.63, 3.8) is 0 Å². The second-order valence-electron chi connectivity index (χ2n) is 5.53. The molecule has 0 unspecified atom stereocenters. The second-order valence-corrected chi connectivity index (χ2v) is 5.93. The molecule has 2 aromatic carbocycles. The molecule has 2 N–H and O–H groups in total. The van der Waals surface area contributed by atoms with Gasteiger partial charge >= 0.3 is 5.97 Å². The highest BCUT2D eigenvalue weighted by molar-refractivity contribution is 6.33. The maximum Gasteiger partial charge on any atom is 0.342 e. The van der Waals surface area contributed by atoms with E-state index in [1.54, 1.807) is 19.2 Å². The number of methoxy groups -OCH3 is 1. The van der Waals surface area contributed by atoms with Gasteiger partial charge in [0, 0.05) is 19.7 Å². The van der Waals surface area contributed by atoms with Crippen LogP contribution < -0.4 is 10.5 Å². The summed E-state index contributed by atoms with van der Waals surface area (Å²) in [6.07, 6.45) is 0. The molecule has 0 aliphatic carbocycles. The van der Waals surface area contributed by atoms with Crippen LogP contribution in [0.15, 0.2) is 36.4 Å². The van der Waals surface area contributed by atoms with Crippen molar-refractivity contribution in [2.24, 2.45) is 0 Å². The van der Waals surface area contributed by atoms with E-state index in [1.807, 2.05) is 0 Å². The van der Waals surface area contributed by atoms with E-state index in [-0.39, 0.29) is 34.4 Å². The van der Waals surface area contributed by atoms with Gasteiger partial charge in [0.25, 0.3) is 5.91 Å². The zero-order chi connectivity index (χ0) is 19.3. The average Bonchev–Trinajstić information content (AvgIpc) is 2.63. The molecule has 2 rings (SSSR count). The first-order valence-corrected chi connectivity index (χ1v) is 7.98. The first-order chi connectivity index (χ1) is 12.3. The quantitative estimate of drug-likeness (QED) is 0.615. The van der Waals surface area contributed by atoms with Gasteiger partial charge in [0.1, 0.15) is 17.1 Å². The minimum absolute atomic E-state index is 0.0701. The number of rotatable bonds is 6. The van der Waals surface area contributed by atoms with Gasteiger partial charge in [-0.3, -0.25) is 4.79 Å². The first kappa shape index (κ1) is 19.5. The summed E-state index contributed by atoms with van der Waals surface area (Å²) in [5.41, 5.74) is 6.74. The lowest BCUT2D eigenvalue weighted by atomic mass is 10.2. The van der Waals surface area contributed by atoms with Crippen molar-refractivity contribution >= 4 is 29.2 Å². The topological polar surface area (TPSA) is 81.9 Å². The molecule has 0 aromatic heterocycles. The molecule has 0 saturated carbocycles. The Labute approximate surface area is 155 Å². The molecule has 0 radical (unpaired) electrons. The molecule has 0 bridgehead atoms. The summed E-state index contributed by atoms with van der Waals surface area (Å²) in [6, 6.07) is 8.50. The Bertz CT molecular complexity index is 812. The van der Waals surface area contributed by atoms with E-state index < -0.39 is 18.5 Å². The number of carbonyl (C=O) groups is 2. The number of hydrogen-bond acceptors (Lipinski definition) is 5. The number of benzene rings is 2. The van der Waals surface area contributed by atoms with E-state index in [0.29, 0.717) is 0 Å². The molecule has 8 heteroatoms. The Morgan fingerprint density at radius 2 is 1.88 bits per heavy atom. The number of hydrogen-bond donors (Lipinski definition) is 1.